The first-order valence-electron chi connectivity index (χ1n) is 22.5. The largest absolute Gasteiger partial charge is 0.464 e. The second-order valence-corrected chi connectivity index (χ2v) is 20.7. The number of pyridine rings is 1. The minimum atomic E-state index is -3.71. The van der Waals surface area contributed by atoms with Gasteiger partial charge in [-0.05, 0) is 85.0 Å². The average Bonchev–Trinajstić information content (AvgIpc) is 3.90. The Morgan fingerprint density at radius 3 is 2.54 bits per heavy atom. The van der Waals surface area contributed by atoms with Gasteiger partial charge in [-0.25, -0.2) is 13.8 Å². The van der Waals surface area contributed by atoms with Gasteiger partial charge in [0.1, 0.15) is 18.1 Å². The number of aryl methyl sites for hydroxylation is 1. The Bertz CT molecular complexity index is 2590. The smallest absolute Gasteiger partial charge is 0.324 e. The molecule has 2 fully saturated rings. The molecular weight excluding hydrogens is 847 g/mol. The maximum absolute atomic E-state index is 14.7. The molecule has 3 aliphatic rings. The van der Waals surface area contributed by atoms with Gasteiger partial charge in [0.2, 0.25) is 21.8 Å². The summed E-state index contributed by atoms with van der Waals surface area (Å²) in [7, 11) is 1.57. The number of fused-ring (bicyclic) bond motifs is 6. The van der Waals surface area contributed by atoms with Crippen molar-refractivity contribution in [1.82, 2.24) is 34.5 Å². The lowest BCUT2D eigenvalue weighted by Gasteiger charge is -2.37. The molecule has 348 valence electrons. The van der Waals surface area contributed by atoms with Crippen molar-refractivity contribution in [3.63, 3.8) is 0 Å². The van der Waals surface area contributed by atoms with Crippen molar-refractivity contribution in [3.05, 3.63) is 89.6 Å². The standard InChI is InChI=1S/C49H63N7O8S/c1-10-65(61,62)55-23-20-35(28-55)46(58)54(8)43(30(2)3)45(57)51-40-25-32-14-11-15-33(24-32)34-18-19-41-37(26-34)38(44(53(41)7)36-16-12-21-50-42(36)31(4)63-9)27-49(5,6)29-64-48(60)39-17-13-22-56(52-39)47(40)59/h10-12,14-16,18-19,21,24,26,30-31,35,39-40,43,52H,1,13,17,20,22-23,25,27-29H2,2-9H3,(H,51,57)/t31-,35-,39-,40-,43-/m0/s1. The van der Waals surface area contributed by atoms with Crippen molar-refractivity contribution in [3.8, 4) is 22.4 Å². The molecule has 5 heterocycles. The highest BCUT2D eigenvalue weighted by Gasteiger charge is 2.41. The molecule has 3 amide bonds. The molecule has 7 rings (SSSR count). The maximum atomic E-state index is 14.7. The average molecular weight is 910 g/mol. The Labute approximate surface area is 382 Å². The molecule has 0 aliphatic carbocycles. The van der Waals surface area contributed by atoms with Crippen LogP contribution in [0.2, 0.25) is 0 Å². The van der Waals surface area contributed by atoms with Gasteiger partial charge in [-0.3, -0.25) is 29.2 Å². The molecule has 2 N–H and O–H groups in total. The van der Waals surface area contributed by atoms with E-state index in [9.17, 15) is 27.6 Å². The summed E-state index contributed by atoms with van der Waals surface area (Å²) in [4.78, 5) is 63.1. The third-order valence-electron chi connectivity index (χ3n) is 13.2. The van der Waals surface area contributed by atoms with Gasteiger partial charge in [0, 0.05) is 80.7 Å². The van der Waals surface area contributed by atoms with Gasteiger partial charge < -0.3 is 24.3 Å². The van der Waals surface area contributed by atoms with E-state index >= 15 is 0 Å². The number of aromatic nitrogens is 2. The Kier molecular flexibility index (Phi) is 14.0. The summed E-state index contributed by atoms with van der Waals surface area (Å²) >= 11 is 0. The minimum absolute atomic E-state index is 0.0120. The number of cyclic esters (lactones) is 1. The first-order chi connectivity index (χ1) is 30.8. The van der Waals surface area contributed by atoms with Crippen molar-refractivity contribution in [1.29, 1.82) is 0 Å². The lowest BCUT2D eigenvalue weighted by molar-refractivity contribution is -0.155. The minimum Gasteiger partial charge on any atom is -0.464 e. The van der Waals surface area contributed by atoms with Gasteiger partial charge >= 0.3 is 5.97 Å². The second-order valence-electron chi connectivity index (χ2n) is 18.9. The van der Waals surface area contributed by atoms with E-state index in [4.69, 9.17) is 14.5 Å². The Balaban J connectivity index is 1.27. The molecular formula is C49H63N7O8S. The van der Waals surface area contributed by atoms with Crippen molar-refractivity contribution in [2.24, 2.45) is 24.3 Å². The van der Waals surface area contributed by atoms with E-state index in [-0.39, 0.29) is 44.0 Å². The lowest BCUT2D eigenvalue weighted by Crippen LogP contribution is -2.62. The fourth-order valence-corrected chi connectivity index (χ4v) is 10.6. The fraction of sp³-hybridized carbons (Fsp3) is 0.490. The summed E-state index contributed by atoms with van der Waals surface area (Å²) in [6, 6.07) is 15.5. The molecule has 15 nitrogen and oxygen atoms in total. The third-order valence-corrected chi connectivity index (χ3v) is 14.7. The van der Waals surface area contributed by atoms with Crippen molar-refractivity contribution in [2.45, 2.75) is 91.0 Å². The van der Waals surface area contributed by atoms with Crippen LogP contribution >= 0.6 is 0 Å². The van der Waals surface area contributed by atoms with E-state index in [1.165, 1.54) is 14.2 Å². The summed E-state index contributed by atoms with van der Waals surface area (Å²) in [5.74, 6) is -2.79. The highest BCUT2D eigenvalue weighted by atomic mass is 32.2. The molecule has 3 aliphatic heterocycles. The molecule has 2 aromatic heterocycles. The van der Waals surface area contributed by atoms with Gasteiger partial charge in [-0.2, -0.15) is 4.31 Å². The van der Waals surface area contributed by atoms with Crippen LogP contribution in [0.5, 0.6) is 0 Å². The number of hydrazine groups is 1. The number of benzene rings is 2. The van der Waals surface area contributed by atoms with Crippen LogP contribution in [0.25, 0.3) is 33.3 Å². The Morgan fingerprint density at radius 1 is 1.06 bits per heavy atom. The number of rotatable bonds is 10. The molecule has 0 unspecified atom stereocenters. The van der Waals surface area contributed by atoms with Crippen LogP contribution in [0.4, 0.5) is 0 Å². The zero-order valence-corrected chi connectivity index (χ0v) is 39.6. The van der Waals surface area contributed by atoms with Gasteiger partial charge in [0.05, 0.1) is 30.0 Å². The zero-order chi connectivity index (χ0) is 47.0. The number of carbonyl (C=O) groups is 4. The van der Waals surface area contributed by atoms with Crippen LogP contribution < -0.4 is 10.7 Å². The quantitative estimate of drug-likeness (QED) is 0.193. The van der Waals surface area contributed by atoms with E-state index in [0.717, 1.165) is 55.5 Å². The second kappa shape index (κ2) is 19.2. The number of amides is 3. The number of likely N-dealkylation sites (N-methyl/N-ethyl adjacent to an activating group) is 1. The molecule has 4 aromatic rings. The molecule has 6 bridgehead atoms. The van der Waals surface area contributed by atoms with Crippen LogP contribution in [0.3, 0.4) is 0 Å². The Morgan fingerprint density at radius 2 is 1.82 bits per heavy atom. The maximum Gasteiger partial charge on any atom is 0.324 e. The fourth-order valence-electron chi connectivity index (χ4n) is 9.66. The summed E-state index contributed by atoms with van der Waals surface area (Å²) in [6.07, 6.45) is 3.49. The number of hydrogen-bond acceptors (Lipinski definition) is 10. The number of hydrogen-bond donors (Lipinski definition) is 2. The predicted octanol–water partition coefficient (Wildman–Crippen LogP) is 5.54. The van der Waals surface area contributed by atoms with Gasteiger partial charge in [0.15, 0.2) is 0 Å². The summed E-state index contributed by atoms with van der Waals surface area (Å²) in [5, 5.41) is 6.34. The van der Waals surface area contributed by atoms with Crippen LogP contribution in [-0.4, -0.2) is 114 Å². The number of nitrogens with zero attached hydrogens (tertiary/aromatic N) is 5. The molecule has 16 heteroatoms. The first-order valence-corrected chi connectivity index (χ1v) is 24.0. The van der Waals surface area contributed by atoms with Crippen molar-refractivity contribution < 1.29 is 37.1 Å². The molecule has 0 saturated carbocycles. The molecule has 2 saturated heterocycles. The van der Waals surface area contributed by atoms with Gasteiger partial charge in [-0.15, -0.1) is 0 Å². The summed E-state index contributed by atoms with van der Waals surface area (Å²) in [5.41, 5.74) is 10.2. The topological polar surface area (TPSA) is 172 Å². The van der Waals surface area contributed by atoms with Crippen LogP contribution in [0, 0.1) is 17.3 Å². The van der Waals surface area contributed by atoms with Gasteiger partial charge in [0.25, 0.3) is 5.91 Å². The van der Waals surface area contributed by atoms with Crippen molar-refractivity contribution >= 4 is 44.6 Å². The molecule has 0 spiro atoms. The zero-order valence-electron chi connectivity index (χ0n) is 38.8. The van der Waals surface area contributed by atoms with Crippen LogP contribution in [0.1, 0.15) is 76.8 Å². The summed E-state index contributed by atoms with van der Waals surface area (Å²) in [6.45, 7) is 13.8. The summed E-state index contributed by atoms with van der Waals surface area (Å²) < 4.78 is 40.3. The number of carbonyl (C=O) groups excluding carboxylic acids is 4. The van der Waals surface area contributed by atoms with Crippen LogP contribution in [0.15, 0.2) is 72.8 Å². The Hall–Kier alpha value is -5.42. The van der Waals surface area contributed by atoms with E-state index in [0.29, 0.717) is 32.2 Å². The van der Waals surface area contributed by atoms with Crippen LogP contribution in [-0.2, 0) is 58.6 Å². The molecule has 2 aromatic carbocycles. The SMILES string of the molecule is C=CS(=O)(=O)N1CC[C@H](C(=O)N(C)[C@H](C(=O)N[C@H]2Cc3cccc(c3)-c3ccc4c(c3)c(c(-c3cccnc3[C@H](C)OC)n4C)CC(C)(C)COC(=O)[C@@H]3CCCN(N3)C2=O)C(C)C)C1. The first kappa shape index (κ1) is 47.5. The van der Waals surface area contributed by atoms with E-state index in [2.05, 4.69) is 67.0 Å². The number of methoxy groups -OCH3 is 1. The van der Waals surface area contributed by atoms with Gasteiger partial charge in [-0.1, -0.05) is 64.6 Å². The number of esters is 1. The molecule has 5 atom stereocenters. The lowest BCUT2D eigenvalue weighted by atomic mass is 9.84. The monoisotopic (exact) mass is 909 g/mol. The van der Waals surface area contributed by atoms with E-state index in [1.54, 1.807) is 20.4 Å². The van der Waals surface area contributed by atoms with Crippen molar-refractivity contribution in [2.75, 3.05) is 40.4 Å². The predicted molar refractivity (Wildman–Crippen MR) is 249 cm³/mol. The third kappa shape index (κ3) is 9.91. The number of sulfonamides is 1. The van der Waals surface area contributed by atoms with E-state index in [1.807, 2.05) is 51.1 Å². The number of nitrogens with one attached hydrogen (secondary N) is 2. The van der Waals surface area contributed by atoms with E-state index < -0.39 is 57.3 Å². The molecule has 65 heavy (non-hydrogen) atoms. The highest BCUT2D eigenvalue weighted by molar-refractivity contribution is 7.92. The molecule has 0 radical (unpaired) electrons. The highest BCUT2D eigenvalue weighted by Crippen LogP contribution is 2.41. The normalized spacial score (nSPS) is 21.7. The number of ether oxygens (including phenoxy) is 2.